The van der Waals surface area contributed by atoms with E-state index in [4.69, 9.17) is 4.74 Å². The molecule has 3 atom stereocenters. The van der Waals surface area contributed by atoms with E-state index in [1.807, 2.05) is 31.2 Å². The van der Waals surface area contributed by atoms with Crippen LogP contribution in [0.3, 0.4) is 0 Å². The molecular formula is C13H20BrNO3S. The molecule has 19 heavy (non-hydrogen) atoms. The van der Waals surface area contributed by atoms with Gasteiger partial charge in [0.15, 0.2) is 0 Å². The van der Waals surface area contributed by atoms with Crippen LogP contribution in [0, 0.1) is 0 Å². The van der Waals surface area contributed by atoms with Gasteiger partial charge >= 0.3 is 0 Å². The quantitative estimate of drug-likeness (QED) is 0.747. The first-order valence-electron chi connectivity index (χ1n) is 6.07. The fourth-order valence-electron chi connectivity index (χ4n) is 1.53. The Morgan fingerprint density at radius 2 is 2.05 bits per heavy atom. The van der Waals surface area contributed by atoms with Crippen LogP contribution >= 0.6 is 15.9 Å². The number of hydrogen-bond donors (Lipinski definition) is 2. The molecule has 2 N–H and O–H groups in total. The zero-order valence-corrected chi connectivity index (χ0v) is 13.5. The Kier molecular flexibility index (Phi) is 7.60. The van der Waals surface area contributed by atoms with Gasteiger partial charge in [-0.05, 0) is 31.2 Å². The Labute approximate surface area is 125 Å². The van der Waals surface area contributed by atoms with Crippen molar-refractivity contribution in [3.05, 3.63) is 28.7 Å². The van der Waals surface area contributed by atoms with E-state index < -0.39 is 16.9 Å². The van der Waals surface area contributed by atoms with E-state index in [2.05, 4.69) is 21.2 Å². The van der Waals surface area contributed by atoms with Crippen LogP contribution in [0.1, 0.15) is 6.92 Å². The molecule has 1 aromatic rings. The average Bonchev–Trinajstić information content (AvgIpc) is 2.35. The van der Waals surface area contributed by atoms with Gasteiger partial charge in [0.2, 0.25) is 0 Å². The summed E-state index contributed by atoms with van der Waals surface area (Å²) in [5.74, 6) is 1.31. The molecule has 0 aliphatic heterocycles. The third-order valence-electron chi connectivity index (χ3n) is 2.44. The molecule has 108 valence electrons. The number of rotatable bonds is 8. The molecule has 0 aromatic heterocycles. The van der Waals surface area contributed by atoms with Crippen molar-refractivity contribution < 1.29 is 14.1 Å². The Hall–Kier alpha value is -0.430. The second-order valence-electron chi connectivity index (χ2n) is 4.47. The van der Waals surface area contributed by atoms with Crippen LogP contribution < -0.4 is 10.1 Å². The largest absolute Gasteiger partial charge is 0.491 e. The lowest BCUT2D eigenvalue weighted by Crippen LogP contribution is -2.39. The number of ether oxygens (including phenoxy) is 1. The number of hydrogen-bond acceptors (Lipinski definition) is 4. The minimum absolute atomic E-state index is 0.119. The number of aliphatic hydroxyl groups excluding tert-OH is 1. The number of nitrogens with one attached hydrogen (secondary N) is 1. The van der Waals surface area contributed by atoms with E-state index in [1.165, 1.54) is 0 Å². The van der Waals surface area contributed by atoms with Crippen LogP contribution in [0.15, 0.2) is 28.7 Å². The molecular weight excluding hydrogens is 330 g/mol. The first kappa shape index (κ1) is 16.6. The zero-order chi connectivity index (χ0) is 14.3. The van der Waals surface area contributed by atoms with Crippen molar-refractivity contribution in [3.63, 3.8) is 0 Å². The molecule has 0 saturated heterocycles. The molecule has 3 unspecified atom stereocenters. The van der Waals surface area contributed by atoms with Crippen LogP contribution in [-0.4, -0.2) is 46.6 Å². The molecule has 0 aliphatic rings. The molecule has 6 heteroatoms. The summed E-state index contributed by atoms with van der Waals surface area (Å²) in [7, 11) is -0.826. The Bertz CT molecular complexity index is 399. The normalized spacial score (nSPS) is 15.8. The smallest absolute Gasteiger partial charge is 0.119 e. The summed E-state index contributed by atoms with van der Waals surface area (Å²) in [6.45, 7) is 2.61. The molecule has 4 nitrogen and oxygen atoms in total. The van der Waals surface area contributed by atoms with Gasteiger partial charge in [0.1, 0.15) is 18.5 Å². The van der Waals surface area contributed by atoms with Crippen LogP contribution in [0.4, 0.5) is 0 Å². The molecule has 0 saturated carbocycles. The molecule has 1 rings (SSSR count). The molecule has 0 fully saturated rings. The SMILES string of the molecule is CC(CS(C)=O)NCC(O)COc1ccc(Br)cc1. The molecule has 0 aliphatic carbocycles. The van der Waals surface area contributed by atoms with Crippen molar-refractivity contribution in [2.45, 2.75) is 19.1 Å². The third kappa shape index (κ3) is 7.67. The van der Waals surface area contributed by atoms with Gasteiger partial charge in [-0.15, -0.1) is 0 Å². The van der Waals surface area contributed by atoms with Gasteiger partial charge in [-0.1, -0.05) is 15.9 Å². The van der Waals surface area contributed by atoms with Crippen molar-refractivity contribution in [3.8, 4) is 5.75 Å². The van der Waals surface area contributed by atoms with E-state index in [0.717, 1.165) is 10.2 Å². The van der Waals surface area contributed by atoms with Crippen molar-refractivity contribution in [1.29, 1.82) is 0 Å². The molecule has 0 heterocycles. The van der Waals surface area contributed by atoms with Crippen LogP contribution in [0.5, 0.6) is 5.75 Å². The summed E-state index contributed by atoms with van der Waals surface area (Å²) >= 11 is 3.35. The van der Waals surface area contributed by atoms with Crippen molar-refractivity contribution in [1.82, 2.24) is 5.32 Å². The van der Waals surface area contributed by atoms with Crippen molar-refractivity contribution in [2.24, 2.45) is 0 Å². The van der Waals surface area contributed by atoms with E-state index in [-0.39, 0.29) is 12.6 Å². The van der Waals surface area contributed by atoms with Gasteiger partial charge in [-0.25, -0.2) is 0 Å². The third-order valence-corrected chi connectivity index (χ3v) is 3.94. The lowest BCUT2D eigenvalue weighted by molar-refractivity contribution is 0.105. The highest BCUT2D eigenvalue weighted by molar-refractivity contribution is 9.10. The predicted octanol–water partition coefficient (Wildman–Crippen LogP) is 1.55. The average molecular weight is 350 g/mol. The van der Waals surface area contributed by atoms with E-state index in [0.29, 0.717) is 12.3 Å². The van der Waals surface area contributed by atoms with E-state index in [9.17, 15) is 9.32 Å². The lowest BCUT2D eigenvalue weighted by Gasteiger charge is -2.16. The Balaban J connectivity index is 2.22. The first-order chi connectivity index (χ1) is 8.97. The lowest BCUT2D eigenvalue weighted by atomic mass is 10.3. The van der Waals surface area contributed by atoms with Gasteiger partial charge in [0, 0.05) is 39.9 Å². The van der Waals surface area contributed by atoms with E-state index >= 15 is 0 Å². The highest BCUT2D eigenvalue weighted by Crippen LogP contribution is 2.16. The first-order valence-corrected chi connectivity index (χ1v) is 8.59. The minimum atomic E-state index is -0.826. The highest BCUT2D eigenvalue weighted by Gasteiger charge is 2.09. The molecule has 1 aromatic carbocycles. The minimum Gasteiger partial charge on any atom is -0.491 e. The number of aliphatic hydroxyl groups is 1. The second-order valence-corrected chi connectivity index (χ2v) is 6.86. The maximum atomic E-state index is 11.0. The summed E-state index contributed by atoms with van der Waals surface area (Å²) < 4.78 is 17.5. The maximum Gasteiger partial charge on any atom is 0.119 e. The number of benzene rings is 1. The molecule has 0 amide bonds. The van der Waals surface area contributed by atoms with Gasteiger partial charge in [0.05, 0.1) is 0 Å². The molecule has 0 spiro atoms. The Morgan fingerprint density at radius 1 is 1.42 bits per heavy atom. The highest BCUT2D eigenvalue weighted by atomic mass is 79.9. The zero-order valence-electron chi connectivity index (χ0n) is 11.1. The summed E-state index contributed by atoms with van der Waals surface area (Å²) in [6.07, 6.45) is 1.09. The van der Waals surface area contributed by atoms with Gasteiger partial charge in [0.25, 0.3) is 0 Å². The van der Waals surface area contributed by atoms with Crippen LogP contribution in [-0.2, 0) is 10.8 Å². The molecule has 0 bridgehead atoms. The topological polar surface area (TPSA) is 58.6 Å². The monoisotopic (exact) mass is 349 g/mol. The van der Waals surface area contributed by atoms with Gasteiger partial charge in [-0.2, -0.15) is 0 Å². The summed E-state index contributed by atoms with van der Waals surface area (Å²) in [6, 6.07) is 7.57. The standard InChI is InChI=1S/C13H20BrNO3S/c1-10(9-19(2)17)15-7-12(16)8-18-13-5-3-11(14)4-6-13/h3-6,10,12,15-16H,7-9H2,1-2H3. The van der Waals surface area contributed by atoms with Crippen LogP contribution in [0.2, 0.25) is 0 Å². The van der Waals surface area contributed by atoms with Gasteiger partial charge < -0.3 is 15.2 Å². The predicted molar refractivity (Wildman–Crippen MR) is 82.0 cm³/mol. The van der Waals surface area contributed by atoms with Crippen molar-refractivity contribution in [2.75, 3.05) is 25.2 Å². The number of halogens is 1. The van der Waals surface area contributed by atoms with E-state index in [1.54, 1.807) is 6.26 Å². The fraction of sp³-hybridized carbons (Fsp3) is 0.538. The molecule has 0 radical (unpaired) electrons. The van der Waals surface area contributed by atoms with Crippen LogP contribution in [0.25, 0.3) is 0 Å². The summed E-state index contributed by atoms with van der Waals surface area (Å²) in [5, 5.41) is 12.9. The fourth-order valence-corrected chi connectivity index (χ4v) is 2.62. The summed E-state index contributed by atoms with van der Waals surface area (Å²) in [4.78, 5) is 0. The summed E-state index contributed by atoms with van der Waals surface area (Å²) in [5.41, 5.74) is 0. The van der Waals surface area contributed by atoms with Crippen molar-refractivity contribution >= 4 is 26.7 Å². The maximum absolute atomic E-state index is 11.0. The second kappa shape index (κ2) is 8.68. The van der Waals surface area contributed by atoms with Gasteiger partial charge in [-0.3, -0.25) is 4.21 Å². The Morgan fingerprint density at radius 3 is 2.63 bits per heavy atom.